The number of sulfone groups is 1. The fraction of sp³-hybridized carbons (Fsp3) is 0.500. The van der Waals surface area contributed by atoms with E-state index < -0.39 is 74.8 Å². The van der Waals surface area contributed by atoms with Crippen LogP contribution in [-0.4, -0.2) is 45.3 Å². The predicted molar refractivity (Wildman–Crippen MR) is 80.0 cm³/mol. The maximum Gasteiger partial charge on any atom is 0.434 e. The van der Waals surface area contributed by atoms with E-state index in [1.807, 2.05) is 0 Å². The average Bonchev–Trinajstić information content (AvgIpc) is 2.50. The zero-order valence-corrected chi connectivity index (χ0v) is 15.0. The van der Waals surface area contributed by atoms with E-state index in [9.17, 15) is 40.0 Å². The van der Waals surface area contributed by atoms with Gasteiger partial charge in [-0.25, -0.2) is 31.8 Å². The molecular formula is C14H14F5NO6S. The summed E-state index contributed by atoms with van der Waals surface area (Å²) in [5.41, 5.74) is -7.50. The topological polar surface area (TPSA) is 99.6 Å². The molecule has 0 aromatic carbocycles. The number of pyridine rings is 1. The van der Waals surface area contributed by atoms with Crippen molar-refractivity contribution in [3.8, 4) is 0 Å². The van der Waals surface area contributed by atoms with Gasteiger partial charge in [0, 0.05) is 11.8 Å². The molecule has 7 nitrogen and oxygen atoms in total. The Morgan fingerprint density at radius 1 is 1.15 bits per heavy atom. The highest BCUT2D eigenvalue weighted by molar-refractivity contribution is 7.89. The van der Waals surface area contributed by atoms with Crippen molar-refractivity contribution in [2.75, 3.05) is 20.0 Å². The van der Waals surface area contributed by atoms with E-state index in [1.54, 1.807) is 0 Å². The third kappa shape index (κ3) is 5.34. The number of alkyl halides is 5. The van der Waals surface area contributed by atoms with Crippen LogP contribution in [-0.2, 0) is 31.2 Å². The second kappa shape index (κ2) is 8.15. The largest absolute Gasteiger partial charge is 0.465 e. The Bertz CT molecular complexity index is 851. The van der Waals surface area contributed by atoms with Crippen molar-refractivity contribution < 1.29 is 49.4 Å². The van der Waals surface area contributed by atoms with E-state index in [4.69, 9.17) is 0 Å². The first-order valence-electron chi connectivity index (χ1n) is 7.09. The van der Waals surface area contributed by atoms with Crippen molar-refractivity contribution in [1.82, 2.24) is 4.98 Å². The van der Waals surface area contributed by atoms with Crippen LogP contribution < -0.4 is 0 Å². The molecule has 0 saturated heterocycles. The Morgan fingerprint density at radius 2 is 1.70 bits per heavy atom. The molecule has 1 aromatic rings. The number of methoxy groups -OCH3 is 1. The number of hydrogen-bond acceptors (Lipinski definition) is 7. The number of carbonyl (C=O) groups excluding carboxylic acids is 2. The Labute approximate surface area is 150 Å². The van der Waals surface area contributed by atoms with Crippen LogP contribution in [0.25, 0.3) is 0 Å². The first-order valence-corrected chi connectivity index (χ1v) is 9.15. The van der Waals surface area contributed by atoms with Gasteiger partial charge in [-0.05, 0) is 6.92 Å². The molecule has 0 amide bonds. The lowest BCUT2D eigenvalue weighted by atomic mass is 9.98. The summed E-state index contributed by atoms with van der Waals surface area (Å²) in [6, 6.07) is 0. The number of esters is 2. The molecule has 0 aliphatic carbocycles. The third-order valence-corrected chi connectivity index (χ3v) is 3.89. The Kier molecular flexibility index (Phi) is 6.86. The molecule has 0 radical (unpaired) electrons. The summed E-state index contributed by atoms with van der Waals surface area (Å²) in [4.78, 5) is 26.7. The second-order valence-corrected chi connectivity index (χ2v) is 7.29. The molecule has 0 spiro atoms. The van der Waals surface area contributed by atoms with Gasteiger partial charge < -0.3 is 9.47 Å². The van der Waals surface area contributed by atoms with Crippen LogP contribution in [0.3, 0.4) is 0 Å². The van der Waals surface area contributed by atoms with E-state index >= 15 is 0 Å². The van der Waals surface area contributed by atoms with Crippen LogP contribution in [0, 0.1) is 0 Å². The van der Waals surface area contributed by atoms with Gasteiger partial charge >= 0.3 is 18.1 Å². The molecule has 0 atom stereocenters. The molecule has 1 heterocycles. The van der Waals surface area contributed by atoms with Crippen molar-refractivity contribution in [2.45, 2.75) is 25.3 Å². The van der Waals surface area contributed by atoms with E-state index in [-0.39, 0.29) is 0 Å². The van der Waals surface area contributed by atoms with Crippen LogP contribution in [0.15, 0.2) is 0 Å². The number of nitrogens with zero attached hydrogens (tertiary/aromatic N) is 1. The highest BCUT2D eigenvalue weighted by atomic mass is 32.2. The Hall–Kier alpha value is -2.31. The van der Waals surface area contributed by atoms with Crippen molar-refractivity contribution in [2.24, 2.45) is 0 Å². The quantitative estimate of drug-likeness (QED) is 0.516. The summed E-state index contributed by atoms with van der Waals surface area (Å²) in [5.74, 6) is -4.56. The lowest BCUT2D eigenvalue weighted by molar-refractivity contribution is -0.142. The summed E-state index contributed by atoms with van der Waals surface area (Å²) < 4.78 is 98.6. The van der Waals surface area contributed by atoms with Gasteiger partial charge in [-0.2, -0.15) is 13.2 Å². The van der Waals surface area contributed by atoms with E-state index in [0.717, 1.165) is 7.11 Å². The second-order valence-electron chi connectivity index (χ2n) is 5.15. The van der Waals surface area contributed by atoms with Gasteiger partial charge in [0.15, 0.2) is 15.5 Å². The van der Waals surface area contributed by atoms with Gasteiger partial charge in [-0.15, -0.1) is 0 Å². The predicted octanol–water partition coefficient (Wildman–Crippen LogP) is 2.55. The van der Waals surface area contributed by atoms with Gasteiger partial charge in [0.05, 0.1) is 30.6 Å². The molecule has 0 fully saturated rings. The van der Waals surface area contributed by atoms with E-state index in [2.05, 4.69) is 14.5 Å². The van der Waals surface area contributed by atoms with Crippen molar-refractivity contribution in [1.29, 1.82) is 0 Å². The van der Waals surface area contributed by atoms with E-state index in [0.29, 0.717) is 6.26 Å². The Morgan fingerprint density at radius 3 is 2.07 bits per heavy atom. The van der Waals surface area contributed by atoms with Crippen LogP contribution in [0.4, 0.5) is 22.0 Å². The zero-order valence-electron chi connectivity index (χ0n) is 14.2. The zero-order chi connectivity index (χ0) is 21.2. The highest BCUT2D eigenvalue weighted by Crippen LogP contribution is 2.37. The standard InChI is InChI=1S/C14H14F5NO6S/c1-4-26-13(22)8-6(5-27(3,23)24)7(12(21)25-2)9(11(15)16)20-10(8)14(17,18)19/h11H,4-5H2,1-3H3. The molecule has 0 saturated carbocycles. The van der Waals surface area contributed by atoms with Crippen molar-refractivity contribution in [3.05, 3.63) is 28.1 Å². The van der Waals surface area contributed by atoms with Crippen LogP contribution in [0.1, 0.15) is 51.0 Å². The molecule has 27 heavy (non-hydrogen) atoms. The highest BCUT2D eigenvalue weighted by Gasteiger charge is 2.43. The minimum absolute atomic E-state index is 0.404. The molecule has 0 unspecified atom stereocenters. The number of rotatable bonds is 6. The Balaban J connectivity index is 4.16. The number of hydrogen-bond donors (Lipinski definition) is 0. The number of halogens is 5. The summed E-state index contributed by atoms with van der Waals surface area (Å²) in [6.45, 7) is 0.849. The van der Waals surface area contributed by atoms with Crippen LogP contribution in [0.2, 0.25) is 0 Å². The monoisotopic (exact) mass is 419 g/mol. The van der Waals surface area contributed by atoms with Crippen molar-refractivity contribution in [3.63, 3.8) is 0 Å². The lowest BCUT2D eigenvalue weighted by Gasteiger charge is -2.20. The summed E-state index contributed by atoms with van der Waals surface area (Å²) >= 11 is 0. The maximum atomic E-state index is 13.3. The fourth-order valence-electron chi connectivity index (χ4n) is 2.18. The molecule has 1 aromatic heterocycles. The first-order chi connectivity index (χ1) is 12.2. The minimum Gasteiger partial charge on any atom is -0.465 e. The van der Waals surface area contributed by atoms with Gasteiger partial charge in [0.2, 0.25) is 0 Å². The minimum atomic E-state index is -5.41. The maximum absolute atomic E-state index is 13.3. The van der Waals surface area contributed by atoms with Gasteiger partial charge in [0.1, 0.15) is 5.69 Å². The summed E-state index contributed by atoms with van der Waals surface area (Å²) in [7, 11) is -3.43. The number of carbonyl (C=O) groups is 2. The van der Waals surface area contributed by atoms with Gasteiger partial charge in [-0.3, -0.25) is 0 Å². The normalized spacial score (nSPS) is 12.2. The number of ether oxygens (including phenoxy) is 2. The van der Waals surface area contributed by atoms with Gasteiger partial charge in [-0.1, -0.05) is 0 Å². The molecule has 152 valence electrons. The fourth-order valence-corrected chi connectivity index (χ4v) is 2.99. The molecule has 0 N–H and O–H groups in total. The molecule has 0 aliphatic heterocycles. The SMILES string of the molecule is CCOC(=O)c1c(C(F)(F)F)nc(C(F)F)c(C(=O)OC)c1CS(C)(=O)=O. The van der Waals surface area contributed by atoms with Crippen LogP contribution in [0.5, 0.6) is 0 Å². The number of aromatic nitrogens is 1. The molecule has 0 aliphatic rings. The molecular weight excluding hydrogens is 405 g/mol. The summed E-state index contributed by atoms with van der Waals surface area (Å²) in [6.07, 6.45) is -8.51. The third-order valence-electron chi connectivity index (χ3n) is 3.08. The van der Waals surface area contributed by atoms with Gasteiger partial charge in [0.25, 0.3) is 6.43 Å². The first kappa shape index (κ1) is 22.7. The van der Waals surface area contributed by atoms with Crippen LogP contribution >= 0.6 is 0 Å². The molecule has 0 bridgehead atoms. The summed E-state index contributed by atoms with van der Waals surface area (Å²) in [5, 5.41) is 0. The van der Waals surface area contributed by atoms with Crippen molar-refractivity contribution >= 4 is 21.8 Å². The average molecular weight is 419 g/mol. The van der Waals surface area contributed by atoms with E-state index in [1.165, 1.54) is 6.92 Å². The lowest BCUT2D eigenvalue weighted by Crippen LogP contribution is -2.26. The smallest absolute Gasteiger partial charge is 0.434 e. The molecule has 13 heteroatoms. The molecule has 1 rings (SSSR count).